The second-order valence-electron chi connectivity index (χ2n) is 9.84. The Kier molecular flexibility index (Phi) is 9.40. The van der Waals surface area contributed by atoms with Crippen LogP contribution in [0.2, 0.25) is 0 Å². The van der Waals surface area contributed by atoms with Gasteiger partial charge in [-0.1, -0.05) is 75.8 Å². The summed E-state index contributed by atoms with van der Waals surface area (Å²) in [7, 11) is 0. The average Bonchev–Trinajstić information content (AvgIpc) is 3.24. The Bertz CT molecular complexity index is 815. The lowest BCUT2D eigenvalue weighted by Gasteiger charge is -2.53. The van der Waals surface area contributed by atoms with Crippen LogP contribution >= 0.6 is 11.8 Å². The number of hydrogen-bond acceptors (Lipinski definition) is 3. The van der Waals surface area contributed by atoms with Crippen molar-refractivity contribution in [2.45, 2.75) is 72.1 Å². The van der Waals surface area contributed by atoms with Gasteiger partial charge in [0.25, 0.3) is 0 Å². The first-order chi connectivity index (χ1) is 15.5. The van der Waals surface area contributed by atoms with E-state index in [0.717, 1.165) is 46.5 Å². The van der Waals surface area contributed by atoms with Crippen molar-refractivity contribution in [2.24, 2.45) is 39.3 Å². The van der Waals surface area contributed by atoms with E-state index in [1.54, 1.807) is 23.5 Å². The number of nitrogens with zero attached hydrogens (tertiary/aromatic N) is 2. The van der Waals surface area contributed by atoms with Crippen molar-refractivity contribution in [3.05, 3.63) is 60.8 Å². The highest BCUT2D eigenvalue weighted by Gasteiger charge is 2.50. The molecule has 3 aliphatic carbocycles. The second-order valence-corrected chi connectivity index (χ2v) is 11.2. The van der Waals surface area contributed by atoms with Crippen LogP contribution in [-0.4, -0.2) is 17.0 Å². The molecule has 0 aromatic carbocycles. The van der Waals surface area contributed by atoms with Gasteiger partial charge in [0.15, 0.2) is 0 Å². The molecular formula is C29H42N2S. The topological polar surface area (TPSA) is 24.7 Å². The zero-order chi connectivity index (χ0) is 23.0. The Labute approximate surface area is 200 Å². The Hall–Kier alpha value is -1.61. The van der Waals surface area contributed by atoms with Gasteiger partial charge in [0, 0.05) is 18.1 Å². The zero-order valence-electron chi connectivity index (χ0n) is 20.4. The molecule has 5 unspecified atom stereocenters. The van der Waals surface area contributed by atoms with Crippen molar-refractivity contribution >= 4 is 23.0 Å². The van der Waals surface area contributed by atoms with Crippen LogP contribution in [0.25, 0.3) is 0 Å². The Morgan fingerprint density at radius 2 is 2.03 bits per heavy atom. The van der Waals surface area contributed by atoms with Gasteiger partial charge in [-0.3, -0.25) is 0 Å². The smallest absolute Gasteiger partial charge is 0.100 e. The van der Waals surface area contributed by atoms with Crippen molar-refractivity contribution < 1.29 is 0 Å². The fourth-order valence-electron chi connectivity index (χ4n) is 6.72. The number of fused-ring (bicyclic) bond motifs is 3. The SMILES string of the molecule is C=C/C=C1/CCC2C3CCCC3CCC2C1(C)/C=C\C.C=C1\C=C/C=N\N=C(\SCC)C1. The maximum atomic E-state index is 4.06. The largest absolute Gasteiger partial charge is 0.158 e. The summed E-state index contributed by atoms with van der Waals surface area (Å²) in [6.45, 7) is 14.6. The van der Waals surface area contributed by atoms with Crippen molar-refractivity contribution in [1.29, 1.82) is 0 Å². The summed E-state index contributed by atoms with van der Waals surface area (Å²) < 4.78 is 0. The molecular weight excluding hydrogens is 408 g/mol. The first-order valence-electron chi connectivity index (χ1n) is 12.6. The molecule has 0 bridgehead atoms. The third kappa shape index (κ3) is 5.84. The maximum Gasteiger partial charge on any atom is 0.100 e. The van der Waals surface area contributed by atoms with Gasteiger partial charge < -0.3 is 0 Å². The van der Waals surface area contributed by atoms with Crippen LogP contribution in [0.5, 0.6) is 0 Å². The molecule has 1 aliphatic heterocycles. The molecule has 5 atom stereocenters. The van der Waals surface area contributed by atoms with E-state index in [9.17, 15) is 0 Å². The number of allylic oxidation sites excluding steroid dienone is 8. The van der Waals surface area contributed by atoms with Crippen LogP contribution in [-0.2, 0) is 0 Å². The van der Waals surface area contributed by atoms with E-state index in [-0.39, 0.29) is 0 Å². The molecule has 4 rings (SSSR count). The predicted molar refractivity (Wildman–Crippen MR) is 144 cm³/mol. The summed E-state index contributed by atoms with van der Waals surface area (Å²) in [6, 6.07) is 0. The van der Waals surface area contributed by atoms with E-state index < -0.39 is 0 Å². The van der Waals surface area contributed by atoms with Crippen LogP contribution < -0.4 is 0 Å². The number of hydrogen-bond donors (Lipinski definition) is 0. The van der Waals surface area contributed by atoms with E-state index in [0.29, 0.717) is 5.41 Å². The van der Waals surface area contributed by atoms with Gasteiger partial charge in [-0.25, -0.2) is 0 Å². The van der Waals surface area contributed by atoms with E-state index in [4.69, 9.17) is 0 Å². The maximum absolute atomic E-state index is 4.06. The lowest BCUT2D eigenvalue weighted by atomic mass is 9.52. The van der Waals surface area contributed by atoms with Crippen molar-refractivity contribution in [3.8, 4) is 0 Å². The molecule has 3 fully saturated rings. The standard InChI is InChI=1S/C20H30.C9H12N2S/c1-4-7-16-11-12-18-17-9-6-8-15(17)10-13-19(18)20(16,3)14-5-2;1-3-12-9-7-8(2)5-4-6-10-11-9/h4-5,7,14-15,17-19H,1,6,8-13H2,2-3H3;4-6H,2-3,7H2,1H3/b14-5-,16-7-;5-4-,10-6-,11-9+. The second kappa shape index (κ2) is 12.0. The van der Waals surface area contributed by atoms with Crippen LogP contribution in [0.15, 0.2) is 71.0 Å². The summed E-state index contributed by atoms with van der Waals surface area (Å²) >= 11 is 1.72. The highest BCUT2D eigenvalue weighted by molar-refractivity contribution is 8.13. The van der Waals surface area contributed by atoms with Gasteiger partial charge >= 0.3 is 0 Å². The van der Waals surface area contributed by atoms with Gasteiger partial charge in [0.1, 0.15) is 5.04 Å². The third-order valence-corrected chi connectivity index (χ3v) is 8.87. The molecule has 174 valence electrons. The summed E-state index contributed by atoms with van der Waals surface area (Å²) in [5.41, 5.74) is 3.00. The van der Waals surface area contributed by atoms with Gasteiger partial charge in [-0.2, -0.15) is 5.10 Å². The zero-order valence-corrected chi connectivity index (χ0v) is 21.2. The first-order valence-corrected chi connectivity index (χ1v) is 13.5. The number of thioether (sulfide) groups is 1. The van der Waals surface area contributed by atoms with Crippen molar-refractivity contribution in [3.63, 3.8) is 0 Å². The molecule has 2 nitrogen and oxygen atoms in total. The minimum absolute atomic E-state index is 0.291. The molecule has 0 radical (unpaired) electrons. The van der Waals surface area contributed by atoms with E-state index in [1.165, 1.54) is 44.9 Å². The Morgan fingerprint density at radius 3 is 2.78 bits per heavy atom. The third-order valence-electron chi connectivity index (χ3n) is 8.02. The summed E-state index contributed by atoms with van der Waals surface area (Å²) in [6.07, 6.45) is 25.6. The molecule has 4 aliphatic rings. The summed E-state index contributed by atoms with van der Waals surface area (Å²) in [5, 5.41) is 8.98. The van der Waals surface area contributed by atoms with Gasteiger partial charge in [0.2, 0.25) is 0 Å². The van der Waals surface area contributed by atoms with Crippen LogP contribution in [0.1, 0.15) is 72.1 Å². The van der Waals surface area contributed by atoms with Crippen molar-refractivity contribution in [2.75, 3.05) is 5.75 Å². The molecule has 3 saturated carbocycles. The van der Waals surface area contributed by atoms with E-state index in [1.807, 2.05) is 18.2 Å². The highest BCUT2D eigenvalue weighted by atomic mass is 32.2. The first kappa shape index (κ1) is 25.0. The minimum Gasteiger partial charge on any atom is -0.158 e. The molecule has 32 heavy (non-hydrogen) atoms. The summed E-state index contributed by atoms with van der Waals surface area (Å²) in [4.78, 5) is 0. The molecule has 0 amide bonds. The van der Waals surface area contributed by atoms with Crippen LogP contribution in [0.3, 0.4) is 0 Å². The monoisotopic (exact) mass is 450 g/mol. The molecule has 0 aromatic rings. The molecule has 0 aromatic heterocycles. The summed E-state index contributed by atoms with van der Waals surface area (Å²) in [5.74, 6) is 5.00. The van der Waals surface area contributed by atoms with Crippen LogP contribution in [0, 0.1) is 29.1 Å². The average molecular weight is 451 g/mol. The normalized spacial score (nSPS) is 39.0. The fourth-order valence-corrected chi connectivity index (χ4v) is 7.44. The lowest BCUT2D eigenvalue weighted by molar-refractivity contribution is 0.0309. The molecule has 3 heteroatoms. The van der Waals surface area contributed by atoms with E-state index >= 15 is 0 Å². The van der Waals surface area contributed by atoms with Crippen molar-refractivity contribution in [1.82, 2.24) is 0 Å². The van der Waals surface area contributed by atoms with Gasteiger partial charge in [-0.15, -0.1) is 16.9 Å². The quantitative estimate of drug-likeness (QED) is 0.395. The Morgan fingerprint density at radius 1 is 1.19 bits per heavy atom. The van der Waals surface area contributed by atoms with Gasteiger partial charge in [0.05, 0.1) is 0 Å². The molecule has 0 saturated heterocycles. The van der Waals surface area contributed by atoms with Gasteiger partial charge in [-0.05, 0) is 80.1 Å². The van der Waals surface area contributed by atoms with Crippen LogP contribution in [0.4, 0.5) is 0 Å². The fraction of sp³-hybridized carbons (Fsp3) is 0.586. The lowest BCUT2D eigenvalue weighted by Crippen LogP contribution is -2.44. The molecule has 0 N–H and O–H groups in total. The number of rotatable bonds is 3. The highest BCUT2D eigenvalue weighted by Crippen LogP contribution is 2.59. The Balaban J connectivity index is 0.000000207. The molecule has 1 heterocycles. The predicted octanol–water partition coefficient (Wildman–Crippen LogP) is 8.56. The minimum atomic E-state index is 0.291. The molecule has 0 spiro atoms. The van der Waals surface area contributed by atoms with E-state index in [2.05, 4.69) is 62.4 Å².